The number of hydrogen-bond donors (Lipinski definition) is 1. The van der Waals surface area contributed by atoms with Gasteiger partial charge in [0.15, 0.2) is 0 Å². The fourth-order valence-corrected chi connectivity index (χ4v) is 3.60. The van der Waals surface area contributed by atoms with Gasteiger partial charge >= 0.3 is 0 Å². The number of pyridine rings is 1. The van der Waals surface area contributed by atoms with Gasteiger partial charge in [-0.1, -0.05) is 70.2 Å². The summed E-state index contributed by atoms with van der Waals surface area (Å²) in [5.74, 6) is -0.816. The van der Waals surface area contributed by atoms with Gasteiger partial charge in [-0.05, 0) is 47.2 Å². The zero-order chi connectivity index (χ0) is 24.0. The van der Waals surface area contributed by atoms with E-state index in [-0.39, 0.29) is 22.9 Å². The number of carbonyl (C=O) groups excluding carboxylic acids is 2. The van der Waals surface area contributed by atoms with Crippen molar-refractivity contribution in [3.63, 3.8) is 0 Å². The molecule has 1 N–H and O–H groups in total. The van der Waals surface area contributed by atoms with Crippen molar-refractivity contribution in [1.82, 2.24) is 15.4 Å². The number of rotatable bonds is 7. The number of nitrogens with zero attached hydrogens (tertiary/aromatic N) is 2. The molecule has 3 rings (SSSR count). The first-order valence-corrected chi connectivity index (χ1v) is 11.0. The normalized spacial score (nSPS) is 12.2. The lowest BCUT2D eigenvalue weighted by atomic mass is 9.83. The van der Waals surface area contributed by atoms with Crippen molar-refractivity contribution in [2.75, 3.05) is 7.11 Å². The molecule has 33 heavy (non-hydrogen) atoms. The van der Waals surface area contributed by atoms with Gasteiger partial charge in [0.1, 0.15) is 5.56 Å². The first-order chi connectivity index (χ1) is 15.8. The lowest BCUT2D eigenvalue weighted by Crippen LogP contribution is -2.51. The number of benzene rings is 2. The highest BCUT2D eigenvalue weighted by molar-refractivity contribution is 6.10. The van der Waals surface area contributed by atoms with Crippen molar-refractivity contribution < 1.29 is 14.3 Å². The largest absolute Gasteiger partial charge is 0.480 e. The van der Waals surface area contributed by atoms with Crippen molar-refractivity contribution >= 4 is 11.8 Å². The molecular formula is C27H31N3O3. The Kier molecular flexibility index (Phi) is 7.61. The summed E-state index contributed by atoms with van der Waals surface area (Å²) < 4.78 is 5.29. The van der Waals surface area contributed by atoms with E-state index >= 15 is 0 Å². The second-order valence-corrected chi connectivity index (χ2v) is 8.90. The van der Waals surface area contributed by atoms with Crippen LogP contribution in [0, 0.1) is 5.41 Å². The zero-order valence-electron chi connectivity index (χ0n) is 19.8. The SMILES string of the molecule is CCc1ccc(C(=O)N(NC(c2ccccc2)C(C)(C)C)C(=O)c2cccnc2OC)cc1. The van der Waals surface area contributed by atoms with E-state index in [1.165, 1.54) is 7.11 Å². The molecule has 6 heteroatoms. The molecule has 172 valence electrons. The monoisotopic (exact) mass is 445 g/mol. The highest BCUT2D eigenvalue weighted by Crippen LogP contribution is 2.33. The number of amides is 2. The minimum Gasteiger partial charge on any atom is -0.480 e. The number of hydrazine groups is 1. The van der Waals surface area contributed by atoms with Crippen LogP contribution in [-0.2, 0) is 6.42 Å². The number of aromatic nitrogens is 1. The van der Waals surface area contributed by atoms with Gasteiger partial charge in [-0.3, -0.25) is 9.59 Å². The average molecular weight is 446 g/mol. The predicted octanol–water partition coefficient (Wildman–Crippen LogP) is 5.23. The molecule has 6 nitrogen and oxygen atoms in total. The van der Waals surface area contributed by atoms with Crippen molar-refractivity contribution in [1.29, 1.82) is 0 Å². The molecule has 1 heterocycles. The molecule has 3 aromatic rings. The number of carbonyl (C=O) groups is 2. The second kappa shape index (κ2) is 10.4. The quantitative estimate of drug-likeness (QED) is 0.398. The molecular weight excluding hydrogens is 414 g/mol. The van der Waals surface area contributed by atoms with Gasteiger partial charge in [0, 0.05) is 11.8 Å². The molecule has 0 radical (unpaired) electrons. The minimum atomic E-state index is -0.533. The van der Waals surface area contributed by atoms with Crippen LogP contribution >= 0.6 is 0 Å². The molecule has 0 spiro atoms. The minimum absolute atomic E-state index is 0.162. The van der Waals surface area contributed by atoms with E-state index in [1.54, 1.807) is 30.5 Å². The Hall–Kier alpha value is -3.51. The van der Waals surface area contributed by atoms with Gasteiger partial charge in [-0.15, -0.1) is 0 Å². The summed E-state index contributed by atoms with van der Waals surface area (Å²) in [6.07, 6.45) is 2.41. The molecule has 0 bridgehead atoms. The molecule has 0 fully saturated rings. The van der Waals surface area contributed by atoms with Gasteiger partial charge in [-0.2, -0.15) is 0 Å². The van der Waals surface area contributed by atoms with Gasteiger partial charge in [-0.25, -0.2) is 15.4 Å². The Morgan fingerprint density at radius 1 is 0.970 bits per heavy atom. The van der Waals surface area contributed by atoms with E-state index in [4.69, 9.17) is 4.74 Å². The number of imide groups is 1. The number of methoxy groups -OCH3 is 1. The molecule has 0 aliphatic carbocycles. The van der Waals surface area contributed by atoms with Crippen LogP contribution in [0.15, 0.2) is 72.9 Å². The fraction of sp³-hybridized carbons (Fsp3) is 0.296. The number of aryl methyl sites for hydroxylation is 1. The Bertz CT molecular complexity index is 1090. The van der Waals surface area contributed by atoms with E-state index in [1.807, 2.05) is 42.5 Å². The van der Waals surface area contributed by atoms with E-state index in [9.17, 15) is 9.59 Å². The Labute approximate surface area is 195 Å². The molecule has 0 saturated carbocycles. The fourth-order valence-electron chi connectivity index (χ4n) is 3.60. The third kappa shape index (κ3) is 5.65. The molecule has 0 aliphatic heterocycles. The van der Waals surface area contributed by atoms with E-state index in [0.717, 1.165) is 22.6 Å². The third-order valence-corrected chi connectivity index (χ3v) is 5.47. The molecule has 1 atom stereocenters. The molecule has 0 aliphatic rings. The maximum atomic E-state index is 13.7. The van der Waals surface area contributed by atoms with Gasteiger partial charge in [0.2, 0.25) is 5.88 Å². The van der Waals surface area contributed by atoms with Crippen LogP contribution in [0.25, 0.3) is 0 Å². The number of hydrogen-bond acceptors (Lipinski definition) is 5. The van der Waals surface area contributed by atoms with Crippen molar-refractivity contribution in [3.8, 4) is 5.88 Å². The summed E-state index contributed by atoms with van der Waals surface area (Å²) in [7, 11) is 1.45. The van der Waals surface area contributed by atoms with Crippen LogP contribution in [0.3, 0.4) is 0 Å². The molecule has 1 unspecified atom stereocenters. The first kappa shape index (κ1) is 24.1. The molecule has 2 amide bonds. The van der Waals surface area contributed by atoms with Crippen molar-refractivity contribution in [3.05, 3.63) is 95.2 Å². The standard InChI is InChI=1S/C27H31N3O3/c1-6-19-14-16-21(17-15-19)25(31)30(26(32)22-13-10-18-28-24(22)33-5)29-23(27(2,3)4)20-11-8-7-9-12-20/h7-18,23,29H,6H2,1-5H3. The summed E-state index contributed by atoms with van der Waals surface area (Å²) in [6, 6.07) is 20.0. The van der Waals surface area contributed by atoms with Crippen LogP contribution in [0.4, 0.5) is 0 Å². The molecule has 2 aromatic carbocycles. The van der Waals surface area contributed by atoms with Gasteiger partial charge in [0.05, 0.1) is 13.2 Å². The van der Waals surface area contributed by atoms with Gasteiger partial charge < -0.3 is 4.74 Å². The maximum Gasteiger partial charge on any atom is 0.280 e. The summed E-state index contributed by atoms with van der Waals surface area (Å²) in [4.78, 5) is 31.4. The zero-order valence-corrected chi connectivity index (χ0v) is 19.8. The van der Waals surface area contributed by atoms with Crippen LogP contribution in [0.5, 0.6) is 5.88 Å². The Morgan fingerprint density at radius 2 is 1.64 bits per heavy atom. The second-order valence-electron chi connectivity index (χ2n) is 8.90. The van der Waals surface area contributed by atoms with Gasteiger partial charge in [0.25, 0.3) is 11.8 Å². The highest BCUT2D eigenvalue weighted by atomic mass is 16.5. The molecule has 0 saturated heterocycles. The Balaban J connectivity index is 2.07. The topological polar surface area (TPSA) is 71.5 Å². The van der Waals surface area contributed by atoms with Crippen molar-refractivity contribution in [2.45, 2.75) is 40.2 Å². The lowest BCUT2D eigenvalue weighted by molar-refractivity contribution is 0.0430. The van der Waals surface area contributed by atoms with Crippen LogP contribution < -0.4 is 10.2 Å². The van der Waals surface area contributed by atoms with Crippen LogP contribution in [-0.4, -0.2) is 28.9 Å². The smallest absolute Gasteiger partial charge is 0.280 e. The van der Waals surface area contributed by atoms with E-state index < -0.39 is 11.8 Å². The maximum absolute atomic E-state index is 13.7. The lowest BCUT2D eigenvalue weighted by Gasteiger charge is -2.36. The molecule has 1 aromatic heterocycles. The summed E-state index contributed by atoms with van der Waals surface area (Å²) >= 11 is 0. The average Bonchev–Trinajstić information content (AvgIpc) is 2.83. The van der Waals surface area contributed by atoms with E-state index in [0.29, 0.717) is 5.56 Å². The summed E-state index contributed by atoms with van der Waals surface area (Å²) in [5, 5.41) is 1.09. The predicted molar refractivity (Wildman–Crippen MR) is 129 cm³/mol. The number of nitrogens with one attached hydrogen (secondary N) is 1. The highest BCUT2D eigenvalue weighted by Gasteiger charge is 2.34. The summed E-state index contributed by atoms with van der Waals surface area (Å²) in [6.45, 7) is 8.24. The number of ether oxygens (including phenoxy) is 1. The first-order valence-electron chi connectivity index (χ1n) is 11.0. The van der Waals surface area contributed by atoms with E-state index in [2.05, 4.69) is 38.1 Å². The van der Waals surface area contributed by atoms with Crippen molar-refractivity contribution in [2.24, 2.45) is 5.41 Å². The Morgan fingerprint density at radius 3 is 2.21 bits per heavy atom. The van der Waals surface area contributed by atoms with Crippen LogP contribution in [0.1, 0.15) is 65.6 Å². The van der Waals surface area contributed by atoms with Crippen LogP contribution in [0.2, 0.25) is 0 Å². The summed E-state index contributed by atoms with van der Waals surface area (Å²) in [5.41, 5.74) is 5.63. The third-order valence-electron chi connectivity index (χ3n) is 5.47.